The summed E-state index contributed by atoms with van der Waals surface area (Å²) < 4.78 is 0.223. The highest BCUT2D eigenvalue weighted by Gasteiger charge is 2.13. The van der Waals surface area contributed by atoms with Crippen molar-refractivity contribution in [3.05, 3.63) is 7.16 Å². The lowest BCUT2D eigenvalue weighted by Gasteiger charge is -1.97. The fourth-order valence-electron chi connectivity index (χ4n) is 0.303. The van der Waals surface area contributed by atoms with Crippen molar-refractivity contribution < 1.29 is 14.7 Å². The van der Waals surface area contributed by atoms with Gasteiger partial charge < -0.3 is 10.4 Å². The first-order valence-corrected chi connectivity index (χ1v) is 4.67. The van der Waals surface area contributed by atoms with Crippen molar-refractivity contribution in [1.29, 1.82) is 0 Å². The van der Waals surface area contributed by atoms with Gasteiger partial charge in [-0.3, -0.25) is 4.79 Å². The van der Waals surface area contributed by atoms with Crippen LogP contribution in [0.4, 0.5) is 0 Å². The van der Waals surface area contributed by atoms with E-state index in [2.05, 4.69) is 5.32 Å². The van der Waals surface area contributed by atoms with E-state index in [1.165, 1.54) is 7.05 Å². The third kappa shape index (κ3) is 3.36. The van der Waals surface area contributed by atoms with Gasteiger partial charge in [0.1, 0.15) is 3.58 Å². The SMILES string of the molecule is CNC(=O)/C(I)=C(/I)C(=O)O. The Hall–Kier alpha value is 0.140. The number of hydrogen-bond acceptors (Lipinski definition) is 2. The smallest absolute Gasteiger partial charge is 0.343 e. The standard InChI is InChI=1S/C5H5I2NO3/c1-8-4(9)2(6)3(7)5(10)11/h1H3,(H,8,9)(H,10,11)/b3-2-. The van der Waals surface area contributed by atoms with Crippen LogP contribution in [-0.4, -0.2) is 24.0 Å². The maximum Gasteiger partial charge on any atom is 0.343 e. The summed E-state index contributed by atoms with van der Waals surface area (Å²) in [6.07, 6.45) is 0. The van der Waals surface area contributed by atoms with Crippen molar-refractivity contribution in [2.45, 2.75) is 0 Å². The number of nitrogens with one attached hydrogen (secondary N) is 1. The van der Waals surface area contributed by atoms with Crippen LogP contribution in [0.1, 0.15) is 0 Å². The van der Waals surface area contributed by atoms with E-state index in [4.69, 9.17) is 5.11 Å². The largest absolute Gasteiger partial charge is 0.477 e. The van der Waals surface area contributed by atoms with E-state index in [-0.39, 0.29) is 13.1 Å². The summed E-state index contributed by atoms with van der Waals surface area (Å²) in [6.45, 7) is 0. The molecule has 4 nitrogen and oxygen atoms in total. The quantitative estimate of drug-likeness (QED) is 0.552. The predicted molar refractivity (Wildman–Crippen MR) is 56.8 cm³/mol. The molecule has 0 saturated carbocycles. The number of likely N-dealkylation sites (N-methyl/N-ethyl adjacent to an activating group) is 1. The van der Waals surface area contributed by atoms with Gasteiger partial charge in [-0.05, 0) is 45.2 Å². The highest BCUT2D eigenvalue weighted by molar-refractivity contribution is 14.1. The molecule has 0 fully saturated rings. The van der Waals surface area contributed by atoms with Gasteiger partial charge in [0.15, 0.2) is 0 Å². The number of rotatable bonds is 2. The molecule has 0 spiro atoms. The third-order valence-electron chi connectivity index (χ3n) is 0.807. The average molecular weight is 381 g/mol. The van der Waals surface area contributed by atoms with Crippen molar-refractivity contribution >= 4 is 57.1 Å². The Bertz CT molecular complexity index is 224. The van der Waals surface area contributed by atoms with Gasteiger partial charge >= 0.3 is 5.97 Å². The van der Waals surface area contributed by atoms with Crippen LogP contribution in [0.5, 0.6) is 0 Å². The molecule has 0 aromatic heterocycles. The van der Waals surface area contributed by atoms with Crippen LogP contribution in [0, 0.1) is 0 Å². The molecule has 0 aliphatic rings. The molecule has 0 saturated heterocycles. The van der Waals surface area contributed by atoms with Gasteiger partial charge in [0, 0.05) is 7.05 Å². The predicted octanol–water partition coefficient (Wildman–Crippen LogP) is 0.899. The van der Waals surface area contributed by atoms with Crippen LogP contribution in [-0.2, 0) is 9.59 Å². The minimum atomic E-state index is -1.08. The van der Waals surface area contributed by atoms with Crippen molar-refractivity contribution in [3.63, 3.8) is 0 Å². The summed E-state index contributed by atoms with van der Waals surface area (Å²) in [4.78, 5) is 21.1. The van der Waals surface area contributed by atoms with E-state index in [0.29, 0.717) is 0 Å². The molecule has 1 amide bonds. The van der Waals surface area contributed by atoms with Crippen LogP contribution in [0.25, 0.3) is 0 Å². The number of carbonyl (C=O) groups excluding carboxylic acids is 1. The van der Waals surface area contributed by atoms with Gasteiger partial charge in [-0.15, -0.1) is 0 Å². The highest BCUT2D eigenvalue weighted by atomic mass is 127. The highest BCUT2D eigenvalue weighted by Crippen LogP contribution is 2.18. The number of carboxylic acids is 1. The Morgan fingerprint density at radius 3 is 2.00 bits per heavy atom. The van der Waals surface area contributed by atoms with E-state index < -0.39 is 5.97 Å². The maximum absolute atomic E-state index is 10.8. The number of amides is 1. The monoisotopic (exact) mass is 381 g/mol. The van der Waals surface area contributed by atoms with Crippen molar-refractivity contribution in [3.8, 4) is 0 Å². The third-order valence-corrected chi connectivity index (χ3v) is 3.87. The molecule has 0 bridgehead atoms. The van der Waals surface area contributed by atoms with Gasteiger partial charge in [-0.25, -0.2) is 4.79 Å². The van der Waals surface area contributed by atoms with Gasteiger partial charge in [-0.2, -0.15) is 0 Å². The van der Waals surface area contributed by atoms with E-state index in [0.717, 1.165) is 0 Å². The molecular formula is C5H5I2NO3. The molecular weight excluding hydrogens is 376 g/mol. The van der Waals surface area contributed by atoms with Gasteiger partial charge in [-0.1, -0.05) is 0 Å². The molecule has 0 rings (SSSR count). The summed E-state index contributed by atoms with van der Waals surface area (Å²) in [5.41, 5.74) is 0. The Balaban J connectivity index is 4.66. The molecule has 0 aliphatic carbocycles. The summed E-state index contributed by atoms with van der Waals surface area (Å²) in [5.74, 6) is -1.46. The second-order valence-corrected chi connectivity index (χ2v) is 3.67. The number of carboxylic acid groups (broad SMARTS) is 1. The number of carbonyl (C=O) groups is 2. The average Bonchev–Trinajstić information content (AvgIpc) is 2.00. The molecule has 62 valence electrons. The first-order chi connectivity index (χ1) is 5.00. The molecule has 0 heterocycles. The summed E-state index contributed by atoms with van der Waals surface area (Å²) >= 11 is 3.30. The number of aliphatic carboxylic acids is 1. The first-order valence-electron chi connectivity index (χ1n) is 2.51. The number of halogens is 2. The van der Waals surface area contributed by atoms with E-state index in [1.807, 2.05) is 0 Å². The Morgan fingerprint density at radius 2 is 1.73 bits per heavy atom. The lowest BCUT2D eigenvalue weighted by Crippen LogP contribution is -2.19. The molecule has 0 unspecified atom stereocenters. The topological polar surface area (TPSA) is 66.4 Å². The van der Waals surface area contributed by atoms with E-state index >= 15 is 0 Å². The minimum Gasteiger partial charge on any atom is -0.477 e. The van der Waals surface area contributed by atoms with Crippen LogP contribution in [0.2, 0.25) is 0 Å². The van der Waals surface area contributed by atoms with Crippen LogP contribution < -0.4 is 5.32 Å². The second kappa shape index (κ2) is 4.91. The zero-order valence-electron chi connectivity index (χ0n) is 5.52. The molecule has 6 heteroatoms. The fraction of sp³-hybridized carbons (Fsp3) is 0.200. The second-order valence-electron chi connectivity index (χ2n) is 1.51. The van der Waals surface area contributed by atoms with Gasteiger partial charge in [0.05, 0.1) is 3.58 Å². The zero-order valence-corrected chi connectivity index (χ0v) is 9.83. The molecule has 2 N–H and O–H groups in total. The minimum absolute atomic E-state index is 0.0301. The van der Waals surface area contributed by atoms with E-state index in [1.54, 1.807) is 45.2 Å². The van der Waals surface area contributed by atoms with Crippen molar-refractivity contribution in [2.75, 3.05) is 7.05 Å². The van der Waals surface area contributed by atoms with Crippen molar-refractivity contribution in [2.24, 2.45) is 0 Å². The molecule has 0 aromatic carbocycles. The molecule has 0 aromatic rings. The number of hydrogen-bond donors (Lipinski definition) is 2. The fourth-order valence-corrected chi connectivity index (χ4v) is 1.05. The Labute approximate surface area is 90.7 Å². The van der Waals surface area contributed by atoms with Crippen molar-refractivity contribution in [1.82, 2.24) is 5.32 Å². The lowest BCUT2D eigenvalue weighted by molar-refractivity contribution is -0.132. The van der Waals surface area contributed by atoms with Crippen LogP contribution >= 0.6 is 45.2 Å². The van der Waals surface area contributed by atoms with Gasteiger partial charge in [0.25, 0.3) is 5.91 Å². The lowest BCUT2D eigenvalue weighted by atomic mass is 10.5. The summed E-state index contributed by atoms with van der Waals surface area (Å²) in [6, 6.07) is 0. The van der Waals surface area contributed by atoms with Gasteiger partial charge in [0.2, 0.25) is 0 Å². The zero-order chi connectivity index (χ0) is 9.02. The molecule has 0 aliphatic heterocycles. The van der Waals surface area contributed by atoms with Crippen LogP contribution in [0.15, 0.2) is 7.16 Å². The summed E-state index contributed by atoms with van der Waals surface area (Å²) in [7, 11) is 1.45. The molecule has 0 radical (unpaired) electrons. The summed E-state index contributed by atoms with van der Waals surface area (Å²) in [5, 5.41) is 10.8. The van der Waals surface area contributed by atoms with Crippen LogP contribution in [0.3, 0.4) is 0 Å². The maximum atomic E-state index is 10.8. The Kier molecular flexibility index (Phi) is 4.97. The first kappa shape index (κ1) is 11.1. The normalized spacial score (nSPS) is 11.9. The Morgan fingerprint density at radius 1 is 1.27 bits per heavy atom. The van der Waals surface area contributed by atoms with E-state index in [9.17, 15) is 9.59 Å². The molecule has 0 atom stereocenters. The molecule has 11 heavy (non-hydrogen) atoms.